The maximum absolute atomic E-state index is 5.91. The monoisotopic (exact) mass is 383 g/mol. The Labute approximate surface area is 152 Å². The molecule has 0 aliphatic rings. The number of hydrogen-bond acceptors (Lipinski definition) is 5. The molecule has 0 unspecified atom stereocenters. The number of nitrogens with zero attached hydrogens (tertiary/aromatic N) is 1. The summed E-state index contributed by atoms with van der Waals surface area (Å²) < 4.78 is 7.09. The second kappa shape index (κ2) is 7.44. The zero-order valence-corrected chi connectivity index (χ0v) is 15.5. The van der Waals surface area contributed by atoms with E-state index in [0.717, 1.165) is 38.4 Å². The molecule has 0 fully saturated rings. The second-order valence-electron chi connectivity index (χ2n) is 4.69. The normalized spacial score (nSPS) is 10.7. The van der Waals surface area contributed by atoms with Crippen LogP contribution in [0.25, 0.3) is 10.2 Å². The topological polar surface area (TPSA) is 46.2 Å². The zero-order chi connectivity index (χ0) is 16.2. The molecule has 3 rings (SSSR count). The van der Waals surface area contributed by atoms with E-state index in [-0.39, 0.29) is 0 Å². The van der Waals surface area contributed by atoms with Crippen LogP contribution in [-0.4, -0.2) is 23.8 Å². The van der Waals surface area contributed by atoms with Crippen LogP contribution >= 0.6 is 46.5 Å². The first-order valence-electron chi connectivity index (χ1n) is 6.88. The van der Waals surface area contributed by atoms with Crippen molar-refractivity contribution >= 4 is 67.0 Å². The molecule has 2 heterocycles. The zero-order valence-electron chi connectivity index (χ0n) is 12.3. The van der Waals surface area contributed by atoms with E-state index in [2.05, 4.69) is 15.6 Å². The predicted octanol–water partition coefficient (Wildman–Crippen LogP) is 4.55. The maximum atomic E-state index is 5.91. The number of thiophene rings is 1. The Morgan fingerprint density at radius 1 is 1.30 bits per heavy atom. The van der Waals surface area contributed by atoms with Gasteiger partial charge < -0.3 is 15.4 Å². The fraction of sp³-hybridized carbons (Fsp3) is 0.200. The number of aromatic nitrogens is 1. The Kier molecular flexibility index (Phi) is 5.32. The minimum atomic E-state index is 0.568. The minimum Gasteiger partial charge on any atom is -0.497 e. The summed E-state index contributed by atoms with van der Waals surface area (Å²) in [6.07, 6.45) is 0.885. The van der Waals surface area contributed by atoms with E-state index in [1.54, 1.807) is 29.8 Å². The maximum Gasteiger partial charge on any atom is 0.190 e. The quantitative estimate of drug-likeness (QED) is 0.633. The molecule has 2 N–H and O–H groups in total. The lowest BCUT2D eigenvalue weighted by Gasteiger charge is -2.07. The Bertz CT molecular complexity index is 830. The van der Waals surface area contributed by atoms with Crippen molar-refractivity contribution in [2.75, 3.05) is 19.0 Å². The van der Waals surface area contributed by atoms with Crippen LogP contribution in [0.2, 0.25) is 4.34 Å². The average molecular weight is 384 g/mol. The summed E-state index contributed by atoms with van der Waals surface area (Å²) >= 11 is 14.4. The van der Waals surface area contributed by atoms with Crippen molar-refractivity contribution in [2.24, 2.45) is 0 Å². The first kappa shape index (κ1) is 16.4. The molecule has 23 heavy (non-hydrogen) atoms. The van der Waals surface area contributed by atoms with Crippen LogP contribution in [0.1, 0.15) is 4.88 Å². The number of ether oxygens (including phenoxy) is 1. The largest absolute Gasteiger partial charge is 0.497 e. The lowest BCUT2D eigenvalue weighted by Crippen LogP contribution is -2.29. The van der Waals surface area contributed by atoms with Crippen LogP contribution in [0.15, 0.2) is 30.3 Å². The molecule has 1 aromatic carbocycles. The molecule has 0 amide bonds. The van der Waals surface area contributed by atoms with Gasteiger partial charge in [0.15, 0.2) is 10.2 Å². The van der Waals surface area contributed by atoms with Gasteiger partial charge in [-0.05, 0) is 49.0 Å². The third-order valence-corrected chi connectivity index (χ3v) is 5.57. The third-order valence-electron chi connectivity index (χ3n) is 3.10. The van der Waals surface area contributed by atoms with Gasteiger partial charge in [0, 0.05) is 11.4 Å². The van der Waals surface area contributed by atoms with Crippen molar-refractivity contribution in [2.45, 2.75) is 6.42 Å². The van der Waals surface area contributed by atoms with Gasteiger partial charge in [-0.2, -0.15) is 0 Å². The van der Waals surface area contributed by atoms with E-state index in [9.17, 15) is 0 Å². The number of anilines is 1. The molecular weight excluding hydrogens is 370 g/mol. The van der Waals surface area contributed by atoms with Crippen molar-refractivity contribution in [1.29, 1.82) is 0 Å². The van der Waals surface area contributed by atoms with E-state index < -0.39 is 0 Å². The van der Waals surface area contributed by atoms with Crippen molar-refractivity contribution in [3.8, 4) is 5.75 Å². The summed E-state index contributed by atoms with van der Waals surface area (Å²) in [4.78, 5) is 5.74. The first-order valence-corrected chi connectivity index (χ1v) is 9.29. The smallest absolute Gasteiger partial charge is 0.190 e. The Hall–Kier alpha value is -1.41. The number of thiocarbonyl (C=S) groups is 1. The highest BCUT2D eigenvalue weighted by Gasteiger charge is 2.06. The molecule has 0 atom stereocenters. The fourth-order valence-corrected chi connectivity index (χ4v) is 4.26. The number of benzene rings is 1. The van der Waals surface area contributed by atoms with E-state index in [4.69, 9.17) is 28.6 Å². The molecule has 2 aromatic heterocycles. The standard InChI is InChI=1S/C15H14ClN3OS3/c1-20-9-2-4-11-12(8-9)23-15(18-11)19-14(21)17-7-6-10-3-5-13(16)22-10/h2-5,8H,6-7H2,1H3,(H2,17,18,19,21). The van der Waals surface area contributed by atoms with Crippen LogP contribution in [0.3, 0.4) is 0 Å². The summed E-state index contributed by atoms with van der Waals surface area (Å²) in [5.41, 5.74) is 0.925. The van der Waals surface area contributed by atoms with Gasteiger partial charge in [0.05, 0.1) is 21.7 Å². The van der Waals surface area contributed by atoms with Crippen LogP contribution in [0.5, 0.6) is 5.75 Å². The van der Waals surface area contributed by atoms with E-state index in [1.807, 2.05) is 30.3 Å². The Balaban J connectivity index is 1.55. The second-order valence-corrected chi connectivity index (χ2v) is 7.93. The van der Waals surface area contributed by atoms with Gasteiger partial charge >= 0.3 is 0 Å². The molecule has 0 saturated carbocycles. The number of fused-ring (bicyclic) bond motifs is 1. The van der Waals surface area contributed by atoms with Gasteiger partial charge in [-0.15, -0.1) is 11.3 Å². The molecule has 120 valence electrons. The van der Waals surface area contributed by atoms with Gasteiger partial charge in [0.1, 0.15) is 5.75 Å². The molecule has 4 nitrogen and oxygen atoms in total. The summed E-state index contributed by atoms with van der Waals surface area (Å²) in [6, 6.07) is 9.75. The first-order chi connectivity index (χ1) is 11.1. The average Bonchev–Trinajstić information content (AvgIpc) is 3.11. The minimum absolute atomic E-state index is 0.568. The number of methoxy groups -OCH3 is 1. The van der Waals surface area contributed by atoms with Gasteiger partial charge in [-0.3, -0.25) is 0 Å². The Morgan fingerprint density at radius 2 is 2.17 bits per heavy atom. The Morgan fingerprint density at radius 3 is 2.91 bits per heavy atom. The molecular formula is C15H14ClN3OS3. The van der Waals surface area contributed by atoms with Gasteiger partial charge in [-0.1, -0.05) is 22.9 Å². The summed E-state index contributed by atoms with van der Waals surface area (Å²) in [5.74, 6) is 0.822. The van der Waals surface area contributed by atoms with Crippen molar-refractivity contribution in [3.63, 3.8) is 0 Å². The molecule has 3 aromatic rings. The lowest BCUT2D eigenvalue weighted by atomic mass is 10.3. The van der Waals surface area contributed by atoms with Crippen LogP contribution in [0, 0.1) is 0 Å². The van der Waals surface area contributed by atoms with E-state index >= 15 is 0 Å². The molecule has 0 aliphatic heterocycles. The molecule has 0 saturated heterocycles. The van der Waals surface area contributed by atoms with Gasteiger partial charge in [0.2, 0.25) is 0 Å². The van der Waals surface area contributed by atoms with E-state index in [1.165, 1.54) is 4.88 Å². The summed E-state index contributed by atoms with van der Waals surface area (Å²) in [5, 5.41) is 7.64. The fourth-order valence-electron chi connectivity index (χ4n) is 2.01. The molecule has 8 heteroatoms. The lowest BCUT2D eigenvalue weighted by molar-refractivity contribution is 0.415. The highest BCUT2D eigenvalue weighted by Crippen LogP contribution is 2.29. The van der Waals surface area contributed by atoms with Crippen LogP contribution < -0.4 is 15.4 Å². The molecule has 0 spiro atoms. The van der Waals surface area contributed by atoms with E-state index in [0.29, 0.717) is 5.11 Å². The number of nitrogens with one attached hydrogen (secondary N) is 2. The summed E-state index contributed by atoms with van der Waals surface area (Å²) in [7, 11) is 1.65. The van der Waals surface area contributed by atoms with Crippen molar-refractivity contribution in [3.05, 3.63) is 39.5 Å². The van der Waals surface area contributed by atoms with Crippen LogP contribution in [0.4, 0.5) is 5.13 Å². The van der Waals surface area contributed by atoms with Gasteiger partial charge in [0.25, 0.3) is 0 Å². The van der Waals surface area contributed by atoms with Crippen molar-refractivity contribution < 1.29 is 4.74 Å². The molecule has 0 radical (unpaired) electrons. The number of thiazole rings is 1. The van der Waals surface area contributed by atoms with Gasteiger partial charge in [-0.25, -0.2) is 4.98 Å². The number of rotatable bonds is 5. The van der Waals surface area contributed by atoms with Crippen LogP contribution in [-0.2, 0) is 6.42 Å². The number of hydrogen-bond donors (Lipinski definition) is 2. The highest BCUT2D eigenvalue weighted by molar-refractivity contribution is 7.80. The number of halogens is 1. The SMILES string of the molecule is COc1ccc2nc(NC(=S)NCCc3ccc(Cl)s3)sc2c1. The third kappa shape index (κ3) is 4.32. The molecule has 0 bridgehead atoms. The predicted molar refractivity (Wildman–Crippen MR) is 103 cm³/mol. The van der Waals surface area contributed by atoms with Crippen molar-refractivity contribution in [1.82, 2.24) is 10.3 Å². The summed E-state index contributed by atoms with van der Waals surface area (Å²) in [6.45, 7) is 0.751. The highest BCUT2D eigenvalue weighted by atomic mass is 35.5. The molecule has 0 aliphatic carbocycles.